The standard InChI is InChI=1S/C16H20N8O2/c1-22-8-17-12(21-22)16(26)23-6-9-4-5-24-13(11(9)7-23)19-20-14(24)15(25)18-10-2-3-10/h8-11H,2-7H2,1H3,(H,18,25)/t9-,11-/m1/s1. The molecule has 10 heteroatoms. The summed E-state index contributed by atoms with van der Waals surface area (Å²) >= 11 is 0. The molecule has 0 unspecified atom stereocenters. The molecule has 1 saturated carbocycles. The lowest BCUT2D eigenvalue weighted by Crippen LogP contribution is -2.31. The normalized spacial score (nSPS) is 24.3. The molecule has 2 atom stereocenters. The lowest BCUT2D eigenvalue weighted by molar-refractivity contribution is 0.0773. The fourth-order valence-corrected chi connectivity index (χ4v) is 3.95. The van der Waals surface area contributed by atoms with E-state index in [1.54, 1.807) is 11.9 Å². The first-order chi connectivity index (χ1) is 12.6. The van der Waals surface area contributed by atoms with Gasteiger partial charge < -0.3 is 14.8 Å². The van der Waals surface area contributed by atoms with E-state index in [1.165, 1.54) is 11.0 Å². The Morgan fingerprint density at radius 3 is 2.77 bits per heavy atom. The summed E-state index contributed by atoms with van der Waals surface area (Å²) < 4.78 is 3.45. The van der Waals surface area contributed by atoms with Crippen molar-refractivity contribution in [2.75, 3.05) is 13.1 Å². The number of likely N-dealkylation sites (tertiary alicyclic amines) is 1. The molecule has 0 bridgehead atoms. The van der Waals surface area contributed by atoms with Gasteiger partial charge in [0.15, 0.2) is 0 Å². The van der Waals surface area contributed by atoms with Crippen LogP contribution in [0.2, 0.25) is 0 Å². The molecule has 3 aliphatic rings. The van der Waals surface area contributed by atoms with Crippen molar-refractivity contribution in [2.45, 2.75) is 37.8 Å². The van der Waals surface area contributed by atoms with Crippen molar-refractivity contribution in [1.29, 1.82) is 0 Å². The van der Waals surface area contributed by atoms with Gasteiger partial charge in [-0.25, -0.2) is 4.98 Å². The van der Waals surface area contributed by atoms with Crippen molar-refractivity contribution in [3.63, 3.8) is 0 Å². The molecular weight excluding hydrogens is 336 g/mol. The second-order valence-electron chi connectivity index (χ2n) is 7.39. The maximum Gasteiger partial charge on any atom is 0.293 e. The van der Waals surface area contributed by atoms with Crippen molar-refractivity contribution in [3.05, 3.63) is 23.8 Å². The van der Waals surface area contributed by atoms with Crippen LogP contribution in [0.3, 0.4) is 0 Å². The molecule has 2 aromatic rings. The van der Waals surface area contributed by atoms with Crippen molar-refractivity contribution in [2.24, 2.45) is 13.0 Å². The Hall–Kier alpha value is -2.78. The van der Waals surface area contributed by atoms with Crippen LogP contribution in [0.4, 0.5) is 0 Å². The molecular formula is C16H20N8O2. The number of carbonyl (C=O) groups is 2. The molecule has 0 radical (unpaired) electrons. The van der Waals surface area contributed by atoms with Crippen LogP contribution >= 0.6 is 0 Å². The molecule has 136 valence electrons. The summed E-state index contributed by atoms with van der Waals surface area (Å²) in [7, 11) is 1.74. The van der Waals surface area contributed by atoms with Crippen LogP contribution in [-0.2, 0) is 13.6 Å². The van der Waals surface area contributed by atoms with Crippen LogP contribution in [0.5, 0.6) is 0 Å². The lowest BCUT2D eigenvalue weighted by Gasteiger charge is -2.24. The van der Waals surface area contributed by atoms with Gasteiger partial charge in [-0.15, -0.1) is 15.3 Å². The number of rotatable bonds is 3. The Labute approximate surface area is 149 Å². The lowest BCUT2D eigenvalue weighted by atomic mass is 9.89. The van der Waals surface area contributed by atoms with E-state index in [0.29, 0.717) is 31.4 Å². The monoisotopic (exact) mass is 356 g/mol. The van der Waals surface area contributed by atoms with Crippen molar-refractivity contribution in [1.82, 2.24) is 39.7 Å². The maximum atomic E-state index is 12.6. The highest BCUT2D eigenvalue weighted by Crippen LogP contribution is 2.38. The van der Waals surface area contributed by atoms with Crippen molar-refractivity contribution in [3.8, 4) is 0 Å². The largest absolute Gasteiger partial charge is 0.347 e. The molecule has 5 rings (SSSR count). The number of nitrogens with one attached hydrogen (secondary N) is 1. The Balaban J connectivity index is 1.36. The summed E-state index contributed by atoms with van der Waals surface area (Å²) in [6, 6.07) is 0.289. The van der Waals surface area contributed by atoms with Gasteiger partial charge in [-0.05, 0) is 25.2 Å². The summed E-state index contributed by atoms with van der Waals surface area (Å²) in [5.41, 5.74) is 0. The van der Waals surface area contributed by atoms with Gasteiger partial charge in [0.2, 0.25) is 11.6 Å². The zero-order valence-electron chi connectivity index (χ0n) is 14.5. The van der Waals surface area contributed by atoms with Crippen molar-refractivity contribution >= 4 is 11.8 Å². The van der Waals surface area contributed by atoms with Crippen LogP contribution in [0, 0.1) is 5.92 Å². The fourth-order valence-electron chi connectivity index (χ4n) is 3.95. The van der Waals surface area contributed by atoms with Crippen LogP contribution in [0.1, 0.15) is 52.2 Å². The average Bonchev–Trinajstić information content (AvgIpc) is 3.03. The smallest absolute Gasteiger partial charge is 0.293 e. The highest BCUT2D eigenvalue weighted by Gasteiger charge is 2.43. The van der Waals surface area contributed by atoms with E-state index in [1.807, 2.05) is 4.57 Å². The molecule has 4 heterocycles. The third kappa shape index (κ3) is 2.47. The summed E-state index contributed by atoms with van der Waals surface area (Å²) in [4.78, 5) is 30.8. The minimum atomic E-state index is -0.155. The summed E-state index contributed by atoms with van der Waals surface area (Å²) in [5.74, 6) is 1.56. The highest BCUT2D eigenvalue weighted by molar-refractivity contribution is 5.91. The SMILES string of the molecule is Cn1cnc(C(=O)N2C[C@H]3CCn4c(C(=O)NC5CC5)nnc4[C@@H]3C2)n1. The van der Waals surface area contributed by atoms with E-state index in [-0.39, 0.29) is 29.6 Å². The van der Waals surface area contributed by atoms with Crippen molar-refractivity contribution < 1.29 is 9.59 Å². The second kappa shape index (κ2) is 5.61. The second-order valence-corrected chi connectivity index (χ2v) is 7.39. The molecule has 1 N–H and O–H groups in total. The van der Waals surface area contributed by atoms with Gasteiger partial charge >= 0.3 is 0 Å². The number of carbonyl (C=O) groups excluding carboxylic acids is 2. The predicted molar refractivity (Wildman–Crippen MR) is 88.3 cm³/mol. The number of amides is 2. The van der Waals surface area contributed by atoms with E-state index in [0.717, 1.165) is 25.1 Å². The molecule has 26 heavy (non-hydrogen) atoms. The third-order valence-corrected chi connectivity index (χ3v) is 5.47. The third-order valence-electron chi connectivity index (χ3n) is 5.47. The molecule has 10 nitrogen and oxygen atoms in total. The van der Waals surface area contributed by atoms with Gasteiger partial charge in [0, 0.05) is 38.6 Å². The van der Waals surface area contributed by atoms with Crippen LogP contribution < -0.4 is 5.32 Å². The molecule has 1 aliphatic carbocycles. The van der Waals surface area contributed by atoms with Gasteiger partial charge in [0.1, 0.15) is 12.2 Å². The number of aromatic nitrogens is 6. The fraction of sp³-hybridized carbons (Fsp3) is 0.625. The Bertz CT molecular complexity index is 883. The molecule has 1 saturated heterocycles. The Morgan fingerprint density at radius 2 is 2.04 bits per heavy atom. The number of fused-ring (bicyclic) bond motifs is 3. The first-order valence-electron chi connectivity index (χ1n) is 8.99. The van der Waals surface area contributed by atoms with Gasteiger partial charge in [0.05, 0.1) is 0 Å². The molecule has 2 aromatic heterocycles. The number of nitrogens with zero attached hydrogens (tertiary/aromatic N) is 7. The summed E-state index contributed by atoms with van der Waals surface area (Å²) in [6.07, 6.45) is 4.50. The first kappa shape index (κ1) is 15.5. The minimum Gasteiger partial charge on any atom is -0.347 e. The van der Waals surface area contributed by atoms with Gasteiger partial charge in [-0.3, -0.25) is 14.3 Å². The Kier molecular flexibility index (Phi) is 3.34. The van der Waals surface area contributed by atoms with E-state index < -0.39 is 0 Å². The molecule has 2 aliphatic heterocycles. The topological polar surface area (TPSA) is 111 Å². The maximum absolute atomic E-state index is 12.6. The molecule has 2 amide bonds. The van der Waals surface area contributed by atoms with Crippen LogP contribution in [0.15, 0.2) is 6.33 Å². The first-order valence-corrected chi connectivity index (χ1v) is 8.99. The molecule has 0 aromatic carbocycles. The zero-order valence-corrected chi connectivity index (χ0v) is 14.5. The highest BCUT2D eigenvalue weighted by atomic mass is 16.2. The minimum absolute atomic E-state index is 0.103. The van der Waals surface area contributed by atoms with Gasteiger partial charge in [0.25, 0.3) is 11.8 Å². The van der Waals surface area contributed by atoms with E-state index in [4.69, 9.17) is 0 Å². The van der Waals surface area contributed by atoms with Crippen LogP contribution in [-0.4, -0.2) is 65.4 Å². The average molecular weight is 356 g/mol. The van der Waals surface area contributed by atoms with Crippen LogP contribution in [0.25, 0.3) is 0 Å². The predicted octanol–water partition coefficient (Wildman–Crippen LogP) is -0.442. The van der Waals surface area contributed by atoms with E-state index >= 15 is 0 Å². The Morgan fingerprint density at radius 1 is 1.19 bits per heavy atom. The molecule has 0 spiro atoms. The number of hydrogen-bond acceptors (Lipinski definition) is 6. The van der Waals surface area contributed by atoms with Gasteiger partial charge in [-0.1, -0.05) is 0 Å². The van der Waals surface area contributed by atoms with E-state index in [9.17, 15) is 9.59 Å². The summed E-state index contributed by atoms with van der Waals surface area (Å²) in [5, 5.41) is 15.5. The quantitative estimate of drug-likeness (QED) is 0.798. The number of aryl methyl sites for hydroxylation is 1. The van der Waals surface area contributed by atoms with E-state index in [2.05, 4.69) is 25.6 Å². The zero-order chi connectivity index (χ0) is 17.8. The van der Waals surface area contributed by atoms with Gasteiger partial charge in [-0.2, -0.15) is 0 Å². The molecule has 2 fully saturated rings. The summed E-state index contributed by atoms with van der Waals surface area (Å²) in [6.45, 7) is 1.93. The number of hydrogen-bond donors (Lipinski definition) is 1.